The van der Waals surface area contributed by atoms with Crippen LogP contribution in [0, 0.1) is 13.8 Å². The fraction of sp³-hybridized carbons (Fsp3) is 0.625. The van der Waals surface area contributed by atoms with Crippen molar-refractivity contribution in [2.24, 2.45) is 0 Å². The predicted octanol–water partition coefficient (Wildman–Crippen LogP) is 2.31. The molecule has 0 radical (unpaired) electrons. The van der Waals surface area contributed by atoms with E-state index in [2.05, 4.69) is 5.32 Å². The molecule has 132 valence electrons. The lowest BCUT2D eigenvalue weighted by molar-refractivity contribution is -0.118. The van der Waals surface area contributed by atoms with Crippen LogP contribution in [0.4, 0.5) is 8.78 Å². The number of aliphatic hydroxyl groups excluding tert-OH is 1. The molecule has 1 aromatic rings. The Hall–Kier alpha value is -0.950. The number of aryl methyl sites for hydroxylation is 2. The number of ether oxygens (including phenoxy) is 1. The van der Waals surface area contributed by atoms with Gasteiger partial charge in [0.1, 0.15) is 18.4 Å². The minimum Gasteiger partial charge on any atom is -0.496 e. The van der Waals surface area contributed by atoms with Crippen LogP contribution >= 0.6 is 12.4 Å². The molecule has 7 heteroatoms. The molecule has 2 N–H and O–H groups in total. The monoisotopic (exact) mass is 350 g/mol. The van der Waals surface area contributed by atoms with Crippen LogP contribution in [0.15, 0.2) is 12.1 Å². The SMILES string of the molecule is COc1c(C)cc([C@@H](N2CCNCC2)C(F)(F)CO)cc1C.Cl. The number of alkyl halides is 2. The molecule has 0 unspecified atom stereocenters. The number of benzene rings is 1. The topological polar surface area (TPSA) is 44.7 Å². The Morgan fingerprint density at radius 1 is 1.26 bits per heavy atom. The average molecular weight is 351 g/mol. The Balaban J connectivity index is 0.00000264. The standard InChI is InChI=1S/C16H24F2N2O2.ClH/c1-11-8-13(9-12(2)14(11)22-3)15(16(17,18)10-21)20-6-4-19-5-7-20;/h8-9,15,19,21H,4-7,10H2,1-3H3;1H/t15-;/m1./s1. The van der Waals surface area contributed by atoms with Crippen LogP contribution in [0.2, 0.25) is 0 Å². The van der Waals surface area contributed by atoms with Crippen molar-refractivity contribution in [3.63, 3.8) is 0 Å². The first-order chi connectivity index (χ1) is 10.4. The van der Waals surface area contributed by atoms with Crippen molar-refractivity contribution in [3.8, 4) is 5.75 Å². The number of aliphatic hydroxyl groups is 1. The molecular formula is C16H25ClF2N2O2. The average Bonchev–Trinajstić information content (AvgIpc) is 2.48. The van der Waals surface area contributed by atoms with Crippen LogP contribution in [-0.2, 0) is 0 Å². The molecule has 1 aliphatic heterocycles. The van der Waals surface area contributed by atoms with E-state index in [1.807, 2.05) is 13.8 Å². The summed E-state index contributed by atoms with van der Waals surface area (Å²) in [5.41, 5.74) is 2.18. The summed E-state index contributed by atoms with van der Waals surface area (Å²) in [5.74, 6) is -2.47. The van der Waals surface area contributed by atoms with Crippen LogP contribution in [-0.4, -0.2) is 55.8 Å². The number of hydrogen-bond acceptors (Lipinski definition) is 4. The molecule has 0 bridgehead atoms. The van der Waals surface area contributed by atoms with Crippen LogP contribution in [0.25, 0.3) is 0 Å². The van der Waals surface area contributed by atoms with E-state index >= 15 is 0 Å². The van der Waals surface area contributed by atoms with E-state index in [0.29, 0.717) is 31.7 Å². The molecule has 1 fully saturated rings. The molecule has 0 amide bonds. The van der Waals surface area contributed by atoms with Gasteiger partial charge in [-0.15, -0.1) is 12.4 Å². The summed E-state index contributed by atoms with van der Waals surface area (Å²) in [6.07, 6.45) is 0. The van der Waals surface area contributed by atoms with Crippen LogP contribution < -0.4 is 10.1 Å². The number of rotatable bonds is 5. The molecule has 0 spiro atoms. The van der Waals surface area contributed by atoms with Gasteiger partial charge in [-0.25, -0.2) is 8.78 Å². The van der Waals surface area contributed by atoms with E-state index in [1.54, 1.807) is 24.1 Å². The highest BCUT2D eigenvalue weighted by molar-refractivity contribution is 5.85. The molecule has 1 saturated heterocycles. The maximum absolute atomic E-state index is 14.4. The van der Waals surface area contributed by atoms with Crippen LogP contribution in [0.5, 0.6) is 5.75 Å². The summed E-state index contributed by atoms with van der Waals surface area (Å²) in [7, 11) is 1.57. The van der Waals surface area contributed by atoms with Gasteiger partial charge in [-0.3, -0.25) is 4.90 Å². The molecule has 0 saturated carbocycles. The Bertz CT molecular complexity index is 500. The minimum absolute atomic E-state index is 0. The number of nitrogens with zero attached hydrogens (tertiary/aromatic N) is 1. The summed E-state index contributed by atoms with van der Waals surface area (Å²) in [6.45, 7) is 4.95. The van der Waals surface area contributed by atoms with Crippen molar-refractivity contribution in [1.29, 1.82) is 0 Å². The quantitative estimate of drug-likeness (QED) is 0.855. The summed E-state index contributed by atoms with van der Waals surface area (Å²) in [4.78, 5) is 1.74. The highest BCUT2D eigenvalue weighted by Gasteiger charge is 2.44. The number of methoxy groups -OCH3 is 1. The van der Waals surface area contributed by atoms with Gasteiger partial charge in [0.25, 0.3) is 5.92 Å². The second-order valence-electron chi connectivity index (χ2n) is 5.80. The molecule has 1 aliphatic rings. The van der Waals surface area contributed by atoms with Crippen molar-refractivity contribution in [2.75, 3.05) is 39.9 Å². The van der Waals surface area contributed by atoms with Gasteiger partial charge in [0.05, 0.1) is 7.11 Å². The maximum atomic E-state index is 14.4. The molecule has 1 heterocycles. The molecule has 23 heavy (non-hydrogen) atoms. The zero-order valence-electron chi connectivity index (χ0n) is 13.7. The van der Waals surface area contributed by atoms with Crippen molar-refractivity contribution < 1.29 is 18.6 Å². The number of nitrogens with one attached hydrogen (secondary N) is 1. The Morgan fingerprint density at radius 3 is 2.22 bits per heavy atom. The number of piperazine rings is 1. The van der Waals surface area contributed by atoms with E-state index in [9.17, 15) is 13.9 Å². The second kappa shape index (κ2) is 8.24. The van der Waals surface area contributed by atoms with E-state index in [0.717, 1.165) is 16.9 Å². The van der Waals surface area contributed by atoms with Crippen LogP contribution in [0.3, 0.4) is 0 Å². The van der Waals surface area contributed by atoms with Gasteiger partial charge in [0, 0.05) is 26.2 Å². The fourth-order valence-electron chi connectivity index (χ4n) is 3.21. The summed E-state index contributed by atoms with van der Waals surface area (Å²) < 4.78 is 34.1. The van der Waals surface area contributed by atoms with Gasteiger partial charge >= 0.3 is 0 Å². The molecule has 2 rings (SSSR count). The van der Waals surface area contributed by atoms with Crippen molar-refractivity contribution >= 4 is 12.4 Å². The van der Waals surface area contributed by atoms with Crippen molar-refractivity contribution in [2.45, 2.75) is 25.8 Å². The third-order valence-corrected chi connectivity index (χ3v) is 4.13. The smallest absolute Gasteiger partial charge is 0.289 e. The third kappa shape index (κ3) is 4.32. The van der Waals surface area contributed by atoms with E-state index in [-0.39, 0.29) is 12.4 Å². The molecule has 0 aliphatic carbocycles. The largest absolute Gasteiger partial charge is 0.496 e. The third-order valence-electron chi connectivity index (χ3n) is 4.13. The van der Waals surface area contributed by atoms with Gasteiger partial charge < -0.3 is 15.2 Å². The maximum Gasteiger partial charge on any atom is 0.289 e. The first-order valence-corrected chi connectivity index (χ1v) is 7.49. The van der Waals surface area contributed by atoms with Gasteiger partial charge in [-0.1, -0.05) is 12.1 Å². The predicted molar refractivity (Wildman–Crippen MR) is 88.9 cm³/mol. The zero-order valence-corrected chi connectivity index (χ0v) is 14.6. The molecule has 0 aromatic heterocycles. The summed E-state index contributed by atoms with van der Waals surface area (Å²) in [6, 6.07) is 2.35. The van der Waals surface area contributed by atoms with E-state index in [4.69, 9.17) is 4.74 Å². The first kappa shape index (κ1) is 20.1. The first-order valence-electron chi connectivity index (χ1n) is 7.49. The van der Waals surface area contributed by atoms with Gasteiger partial charge in [-0.2, -0.15) is 0 Å². The normalized spacial score (nSPS) is 17.5. The Morgan fingerprint density at radius 2 is 1.78 bits per heavy atom. The van der Waals surface area contributed by atoms with Gasteiger partial charge in [-0.05, 0) is 30.5 Å². The van der Waals surface area contributed by atoms with E-state index in [1.165, 1.54) is 0 Å². The highest BCUT2D eigenvalue weighted by atomic mass is 35.5. The molecule has 1 atom stereocenters. The zero-order chi connectivity index (χ0) is 16.3. The van der Waals surface area contributed by atoms with E-state index < -0.39 is 18.6 Å². The Labute approximate surface area is 142 Å². The molecule has 4 nitrogen and oxygen atoms in total. The van der Waals surface area contributed by atoms with Gasteiger partial charge in [0.2, 0.25) is 0 Å². The fourth-order valence-corrected chi connectivity index (χ4v) is 3.21. The highest BCUT2D eigenvalue weighted by Crippen LogP contribution is 2.39. The second-order valence-corrected chi connectivity index (χ2v) is 5.80. The molecule has 1 aromatic carbocycles. The number of halogens is 3. The lowest BCUT2D eigenvalue weighted by atomic mass is 9.94. The van der Waals surface area contributed by atoms with Crippen molar-refractivity contribution in [1.82, 2.24) is 10.2 Å². The summed E-state index contributed by atoms with van der Waals surface area (Å²) in [5, 5.41) is 12.3. The Kier molecular flexibility index (Phi) is 7.20. The van der Waals surface area contributed by atoms with Crippen LogP contribution in [0.1, 0.15) is 22.7 Å². The van der Waals surface area contributed by atoms with Crippen molar-refractivity contribution in [3.05, 3.63) is 28.8 Å². The lowest BCUT2D eigenvalue weighted by Crippen LogP contribution is -2.51. The lowest BCUT2D eigenvalue weighted by Gasteiger charge is -2.39. The minimum atomic E-state index is -3.19. The van der Waals surface area contributed by atoms with Gasteiger partial charge in [0.15, 0.2) is 0 Å². The summed E-state index contributed by atoms with van der Waals surface area (Å²) >= 11 is 0. The molecular weight excluding hydrogens is 326 g/mol. The number of hydrogen-bond donors (Lipinski definition) is 2.